The molecule has 0 spiro atoms. The average Bonchev–Trinajstić information content (AvgIpc) is 2.51. The molecule has 0 saturated carbocycles. The number of amides is 1. The van der Waals surface area contributed by atoms with Crippen LogP contribution in [0.3, 0.4) is 0 Å². The number of carbonyl (C=O) groups is 1. The Morgan fingerprint density at radius 3 is 2.77 bits per heavy atom. The van der Waals surface area contributed by atoms with Crippen molar-refractivity contribution in [3.8, 4) is 0 Å². The minimum Gasteiger partial charge on any atom is -0.444 e. The molecule has 0 aliphatic carbocycles. The number of anilines is 2. The van der Waals surface area contributed by atoms with Gasteiger partial charge in [0.2, 0.25) is 5.82 Å². The lowest BCUT2D eigenvalue weighted by molar-refractivity contribution is -0.383. The highest BCUT2D eigenvalue weighted by Gasteiger charge is 2.30. The molecule has 1 amide bonds. The maximum absolute atomic E-state index is 12.0. The van der Waals surface area contributed by atoms with Gasteiger partial charge in [0.25, 0.3) is 0 Å². The molecule has 144 valence electrons. The summed E-state index contributed by atoms with van der Waals surface area (Å²) in [4.78, 5) is 28.9. The Balaban J connectivity index is 2.20. The number of piperidine rings is 1. The van der Waals surface area contributed by atoms with Gasteiger partial charge in [-0.05, 0) is 33.6 Å². The van der Waals surface area contributed by atoms with Gasteiger partial charge in [-0.1, -0.05) is 11.6 Å². The van der Waals surface area contributed by atoms with E-state index in [4.69, 9.17) is 16.3 Å². The van der Waals surface area contributed by atoms with E-state index in [9.17, 15) is 14.9 Å². The van der Waals surface area contributed by atoms with Gasteiger partial charge in [-0.25, -0.2) is 9.78 Å². The zero-order valence-corrected chi connectivity index (χ0v) is 16.1. The van der Waals surface area contributed by atoms with Crippen molar-refractivity contribution in [3.05, 3.63) is 21.3 Å². The van der Waals surface area contributed by atoms with E-state index in [1.54, 1.807) is 27.8 Å². The molecule has 10 heteroatoms. The maximum Gasteiger partial charge on any atom is 0.407 e. The van der Waals surface area contributed by atoms with E-state index in [0.717, 1.165) is 12.8 Å². The Kier molecular flexibility index (Phi) is 6.12. The number of aromatic nitrogens is 1. The highest BCUT2D eigenvalue weighted by Crippen LogP contribution is 2.37. The molecule has 26 heavy (non-hydrogen) atoms. The van der Waals surface area contributed by atoms with Gasteiger partial charge >= 0.3 is 11.8 Å². The number of nitrogens with zero attached hydrogens (tertiary/aromatic N) is 3. The van der Waals surface area contributed by atoms with Crippen LogP contribution in [0, 0.1) is 10.1 Å². The normalized spacial score (nSPS) is 17.6. The number of carbonyl (C=O) groups excluding carboxylic acids is 1. The second kappa shape index (κ2) is 7.94. The van der Waals surface area contributed by atoms with E-state index in [0.29, 0.717) is 18.8 Å². The van der Waals surface area contributed by atoms with Crippen molar-refractivity contribution in [2.45, 2.75) is 45.3 Å². The molecule has 2 N–H and O–H groups in total. The molecule has 0 radical (unpaired) electrons. The molecule has 2 rings (SSSR count). The van der Waals surface area contributed by atoms with Gasteiger partial charge in [0, 0.05) is 32.2 Å². The van der Waals surface area contributed by atoms with Crippen LogP contribution in [0.2, 0.25) is 5.15 Å². The molecule has 1 aliphatic heterocycles. The largest absolute Gasteiger partial charge is 0.444 e. The lowest BCUT2D eigenvalue weighted by atomic mass is 10.0. The highest BCUT2D eigenvalue weighted by molar-refractivity contribution is 6.30. The fourth-order valence-electron chi connectivity index (χ4n) is 2.88. The van der Waals surface area contributed by atoms with E-state index >= 15 is 0 Å². The second-order valence-corrected chi connectivity index (χ2v) is 7.49. The quantitative estimate of drug-likeness (QED) is 0.465. The number of nitrogens with one attached hydrogen (secondary N) is 2. The molecule has 1 fully saturated rings. The number of hydrogen-bond acceptors (Lipinski definition) is 7. The number of hydrogen-bond donors (Lipinski definition) is 2. The number of halogens is 1. The summed E-state index contributed by atoms with van der Waals surface area (Å²) in [7, 11) is 1.55. The van der Waals surface area contributed by atoms with Crippen molar-refractivity contribution < 1.29 is 14.5 Å². The van der Waals surface area contributed by atoms with Crippen molar-refractivity contribution >= 4 is 34.9 Å². The average molecular weight is 386 g/mol. The third-order valence-corrected chi connectivity index (χ3v) is 4.04. The predicted octanol–water partition coefficient (Wildman–Crippen LogP) is 3.18. The first kappa shape index (κ1) is 20.0. The third-order valence-electron chi connectivity index (χ3n) is 3.84. The molecule has 0 bridgehead atoms. The van der Waals surface area contributed by atoms with Gasteiger partial charge in [-0.15, -0.1) is 0 Å². The Labute approximate surface area is 157 Å². The summed E-state index contributed by atoms with van der Waals surface area (Å²) in [6, 6.07) is 1.30. The predicted molar refractivity (Wildman–Crippen MR) is 100 cm³/mol. The van der Waals surface area contributed by atoms with Crippen LogP contribution in [0.25, 0.3) is 0 Å². The standard InChI is InChI=1S/C16H24ClN5O4/c1-16(2,3)26-15(23)19-10-6-5-7-21(9-10)11-8-12(17)20-14(18-4)13(11)22(24)25/h8,10H,5-7,9H2,1-4H3,(H,18,20)(H,19,23)/t10-/m1/s1. The zero-order valence-electron chi connectivity index (χ0n) is 15.3. The summed E-state index contributed by atoms with van der Waals surface area (Å²) in [6.07, 6.45) is 1.04. The van der Waals surface area contributed by atoms with Crippen LogP contribution < -0.4 is 15.5 Å². The monoisotopic (exact) mass is 385 g/mol. The third kappa shape index (κ3) is 5.10. The Morgan fingerprint density at radius 2 is 2.19 bits per heavy atom. The fraction of sp³-hybridized carbons (Fsp3) is 0.625. The first-order valence-electron chi connectivity index (χ1n) is 8.38. The van der Waals surface area contributed by atoms with Crippen LogP contribution in [0.1, 0.15) is 33.6 Å². The minimum atomic E-state index is -0.586. The molecule has 0 unspecified atom stereocenters. The topological polar surface area (TPSA) is 110 Å². The van der Waals surface area contributed by atoms with Crippen LogP contribution in [-0.4, -0.2) is 47.8 Å². The van der Waals surface area contributed by atoms with Crippen molar-refractivity contribution in [3.63, 3.8) is 0 Å². The molecular formula is C16H24ClN5O4. The van der Waals surface area contributed by atoms with Crippen molar-refractivity contribution in [2.75, 3.05) is 30.4 Å². The molecule has 1 aliphatic rings. The minimum absolute atomic E-state index is 0.111. The Hall–Kier alpha value is -2.29. The molecule has 2 heterocycles. The van der Waals surface area contributed by atoms with Gasteiger partial charge in [0.05, 0.1) is 4.92 Å². The van der Waals surface area contributed by atoms with E-state index in [-0.39, 0.29) is 22.7 Å². The second-order valence-electron chi connectivity index (χ2n) is 7.10. The summed E-state index contributed by atoms with van der Waals surface area (Å²) in [5.41, 5.74) is -0.331. The van der Waals surface area contributed by atoms with Gasteiger partial charge in [0.15, 0.2) is 0 Å². The Bertz CT molecular complexity index is 692. The highest BCUT2D eigenvalue weighted by atomic mass is 35.5. The smallest absolute Gasteiger partial charge is 0.407 e. The fourth-order valence-corrected chi connectivity index (χ4v) is 3.07. The molecule has 0 aromatic carbocycles. The maximum atomic E-state index is 12.0. The summed E-state index contributed by atoms with van der Waals surface area (Å²) in [6.45, 7) is 6.42. The number of ether oxygens (including phenoxy) is 1. The van der Waals surface area contributed by atoms with Crippen molar-refractivity contribution in [1.29, 1.82) is 0 Å². The van der Waals surface area contributed by atoms with E-state index in [1.807, 2.05) is 4.90 Å². The molecule has 9 nitrogen and oxygen atoms in total. The van der Waals surface area contributed by atoms with E-state index in [1.165, 1.54) is 6.07 Å². The first-order valence-corrected chi connectivity index (χ1v) is 8.75. The summed E-state index contributed by atoms with van der Waals surface area (Å²) >= 11 is 6.03. The SMILES string of the molecule is CNc1nc(Cl)cc(N2CCC[C@@H](NC(=O)OC(C)(C)C)C2)c1[N+](=O)[O-]. The summed E-state index contributed by atoms with van der Waals surface area (Å²) < 4.78 is 5.28. The van der Waals surface area contributed by atoms with Gasteiger partial charge in [-0.2, -0.15) is 0 Å². The van der Waals surface area contributed by atoms with E-state index in [2.05, 4.69) is 15.6 Å². The number of pyridine rings is 1. The van der Waals surface area contributed by atoms with Crippen molar-refractivity contribution in [2.24, 2.45) is 0 Å². The molecule has 1 atom stereocenters. The summed E-state index contributed by atoms with van der Waals surface area (Å²) in [5.74, 6) is 0.111. The van der Waals surface area contributed by atoms with Gasteiger partial charge in [-0.3, -0.25) is 10.1 Å². The molecular weight excluding hydrogens is 362 g/mol. The lowest BCUT2D eigenvalue weighted by Crippen LogP contribution is -2.49. The Morgan fingerprint density at radius 1 is 1.50 bits per heavy atom. The molecule has 1 aromatic rings. The number of nitro groups is 1. The van der Waals surface area contributed by atoms with Crippen LogP contribution >= 0.6 is 11.6 Å². The zero-order chi connectivity index (χ0) is 19.5. The molecule has 1 saturated heterocycles. The van der Waals surface area contributed by atoms with Crippen LogP contribution in [0.5, 0.6) is 0 Å². The first-order chi connectivity index (χ1) is 12.1. The molecule has 1 aromatic heterocycles. The number of alkyl carbamates (subject to hydrolysis) is 1. The van der Waals surface area contributed by atoms with E-state index < -0.39 is 16.6 Å². The van der Waals surface area contributed by atoms with Gasteiger partial charge in [0.1, 0.15) is 16.4 Å². The summed E-state index contributed by atoms with van der Waals surface area (Å²) in [5, 5.41) is 17.2. The van der Waals surface area contributed by atoms with Gasteiger partial charge < -0.3 is 20.3 Å². The van der Waals surface area contributed by atoms with Crippen LogP contribution in [0.4, 0.5) is 22.0 Å². The number of rotatable bonds is 4. The van der Waals surface area contributed by atoms with Crippen LogP contribution in [0.15, 0.2) is 6.07 Å². The van der Waals surface area contributed by atoms with Crippen LogP contribution in [-0.2, 0) is 4.74 Å². The lowest BCUT2D eigenvalue weighted by Gasteiger charge is -2.34. The van der Waals surface area contributed by atoms with Crippen molar-refractivity contribution in [1.82, 2.24) is 10.3 Å².